The van der Waals surface area contributed by atoms with Crippen LogP contribution in [-0.2, 0) is 10.2 Å². The highest BCUT2D eigenvalue weighted by Gasteiger charge is 2.39. The van der Waals surface area contributed by atoms with E-state index in [1.807, 2.05) is 43.5 Å². The molecule has 2 aromatic heterocycles. The van der Waals surface area contributed by atoms with Crippen LogP contribution in [0.1, 0.15) is 12.7 Å². The molecule has 8 heteroatoms. The van der Waals surface area contributed by atoms with E-state index in [2.05, 4.69) is 20.8 Å². The van der Waals surface area contributed by atoms with Gasteiger partial charge in [-0.25, -0.2) is 9.78 Å². The molecule has 27 heavy (non-hydrogen) atoms. The molecule has 0 spiro atoms. The van der Waals surface area contributed by atoms with E-state index < -0.39 is 6.03 Å². The SMILES string of the molecule is CC1(c2cc(NC(=O)Nc3ccc(-c4ccc(N)[nH+]c4)cc3)no2)COC1. The molecule has 0 unspecified atom stereocenters. The maximum atomic E-state index is 12.2. The molecule has 3 heterocycles. The number of benzene rings is 1. The third-order valence-electron chi connectivity index (χ3n) is 4.50. The van der Waals surface area contributed by atoms with E-state index in [1.54, 1.807) is 12.1 Å². The molecule has 0 atom stereocenters. The monoisotopic (exact) mass is 366 g/mol. The minimum atomic E-state index is -0.390. The first-order valence-corrected chi connectivity index (χ1v) is 8.52. The lowest BCUT2D eigenvalue weighted by Crippen LogP contribution is -2.43. The number of hydrogen-bond donors (Lipinski definition) is 3. The van der Waals surface area contributed by atoms with Gasteiger partial charge in [-0.05, 0) is 30.7 Å². The van der Waals surface area contributed by atoms with Gasteiger partial charge in [0.1, 0.15) is 5.76 Å². The quantitative estimate of drug-likeness (QED) is 0.656. The lowest BCUT2D eigenvalue weighted by molar-refractivity contribution is -0.359. The number of H-pyrrole nitrogens is 1. The van der Waals surface area contributed by atoms with Gasteiger partial charge >= 0.3 is 6.03 Å². The Morgan fingerprint density at radius 2 is 1.89 bits per heavy atom. The Bertz CT molecular complexity index is 946. The molecule has 0 aliphatic carbocycles. The van der Waals surface area contributed by atoms with Crippen molar-refractivity contribution in [2.45, 2.75) is 12.3 Å². The molecular weight excluding hydrogens is 346 g/mol. The second kappa shape index (κ2) is 6.73. The number of aromatic nitrogens is 2. The van der Waals surface area contributed by atoms with Crippen LogP contribution < -0.4 is 21.4 Å². The van der Waals surface area contributed by atoms with E-state index >= 15 is 0 Å². The molecule has 5 N–H and O–H groups in total. The Labute approximate surface area is 155 Å². The molecule has 1 aliphatic rings. The Morgan fingerprint density at radius 3 is 2.52 bits per heavy atom. The van der Waals surface area contributed by atoms with Gasteiger partial charge in [0.25, 0.3) is 5.82 Å². The summed E-state index contributed by atoms with van der Waals surface area (Å²) in [5.41, 5.74) is 8.17. The lowest BCUT2D eigenvalue weighted by atomic mass is 9.86. The molecule has 4 rings (SSSR count). The standard InChI is InChI=1S/C19H19N5O3/c1-19(10-26-11-19)15-8-17(24-27-15)23-18(25)22-14-5-2-12(3-6-14)13-4-7-16(20)21-9-13/h2-9H,10-11H2,1H3,(H2,20,21)(H2,22,23,24,25)/p+1. The Kier molecular flexibility index (Phi) is 4.25. The number of nitrogen functional groups attached to an aromatic ring is 1. The van der Waals surface area contributed by atoms with E-state index in [-0.39, 0.29) is 5.41 Å². The second-order valence-corrected chi connectivity index (χ2v) is 6.82. The summed E-state index contributed by atoms with van der Waals surface area (Å²) in [4.78, 5) is 15.1. The summed E-state index contributed by atoms with van der Waals surface area (Å²) in [6, 6.07) is 12.6. The zero-order chi connectivity index (χ0) is 18.9. The van der Waals surface area contributed by atoms with Gasteiger partial charge in [-0.3, -0.25) is 11.1 Å². The van der Waals surface area contributed by atoms with Crippen molar-refractivity contribution in [1.82, 2.24) is 5.16 Å². The van der Waals surface area contributed by atoms with E-state index in [9.17, 15) is 4.79 Å². The fourth-order valence-corrected chi connectivity index (χ4v) is 2.81. The molecular formula is C19H20N5O3+. The second-order valence-electron chi connectivity index (χ2n) is 6.82. The van der Waals surface area contributed by atoms with Crippen molar-refractivity contribution in [2.24, 2.45) is 0 Å². The number of carbonyl (C=O) groups excluding carboxylic acids is 1. The van der Waals surface area contributed by atoms with Crippen LogP contribution in [-0.4, -0.2) is 24.4 Å². The molecule has 0 bridgehead atoms. The molecule has 1 aliphatic heterocycles. The number of urea groups is 1. The van der Waals surface area contributed by atoms with Gasteiger partial charge in [-0.1, -0.05) is 17.3 Å². The van der Waals surface area contributed by atoms with Crippen LogP contribution in [0.3, 0.4) is 0 Å². The maximum Gasteiger partial charge on any atom is 0.324 e. The number of rotatable bonds is 4. The van der Waals surface area contributed by atoms with Gasteiger partial charge in [0, 0.05) is 23.4 Å². The maximum absolute atomic E-state index is 12.2. The Morgan fingerprint density at radius 1 is 1.15 bits per heavy atom. The first kappa shape index (κ1) is 17.0. The minimum absolute atomic E-state index is 0.168. The topological polar surface area (TPSA) is 117 Å². The van der Waals surface area contributed by atoms with Crippen LogP contribution in [0.2, 0.25) is 0 Å². The smallest absolute Gasteiger partial charge is 0.324 e. The lowest BCUT2D eigenvalue weighted by Gasteiger charge is -2.35. The predicted octanol–water partition coefficient (Wildman–Crippen LogP) is 2.67. The molecule has 0 radical (unpaired) electrons. The number of carbonyl (C=O) groups is 1. The van der Waals surface area contributed by atoms with Crippen molar-refractivity contribution in [3.05, 3.63) is 54.4 Å². The number of anilines is 3. The summed E-state index contributed by atoms with van der Waals surface area (Å²) in [6.45, 7) is 3.21. The van der Waals surface area contributed by atoms with Gasteiger partial charge in [0.2, 0.25) is 0 Å². The highest BCUT2D eigenvalue weighted by Crippen LogP contribution is 2.32. The largest absolute Gasteiger partial charge is 0.379 e. The zero-order valence-electron chi connectivity index (χ0n) is 14.8. The average Bonchev–Trinajstić information content (AvgIpc) is 3.10. The van der Waals surface area contributed by atoms with Crippen LogP contribution in [0.4, 0.5) is 22.1 Å². The molecule has 1 fully saturated rings. The van der Waals surface area contributed by atoms with Crippen molar-refractivity contribution in [1.29, 1.82) is 0 Å². The summed E-state index contributed by atoms with van der Waals surface area (Å²) >= 11 is 0. The number of hydrogen-bond acceptors (Lipinski definition) is 5. The van der Waals surface area contributed by atoms with Crippen LogP contribution >= 0.6 is 0 Å². The number of amides is 2. The Balaban J connectivity index is 1.37. The Hall–Kier alpha value is -3.39. The van der Waals surface area contributed by atoms with Gasteiger partial charge in [0.15, 0.2) is 5.82 Å². The van der Waals surface area contributed by atoms with E-state index in [1.165, 1.54) is 0 Å². The molecule has 2 amide bonds. The number of aromatic amines is 1. The van der Waals surface area contributed by atoms with Crippen LogP contribution in [0, 0.1) is 0 Å². The average molecular weight is 366 g/mol. The van der Waals surface area contributed by atoms with Crippen molar-refractivity contribution >= 4 is 23.4 Å². The van der Waals surface area contributed by atoms with Crippen LogP contribution in [0.25, 0.3) is 11.1 Å². The van der Waals surface area contributed by atoms with Gasteiger partial charge < -0.3 is 14.6 Å². The third-order valence-corrected chi connectivity index (χ3v) is 4.50. The molecule has 1 aromatic carbocycles. The van der Waals surface area contributed by atoms with Crippen molar-refractivity contribution in [3.63, 3.8) is 0 Å². The predicted molar refractivity (Wildman–Crippen MR) is 100 cm³/mol. The highest BCUT2D eigenvalue weighted by molar-refractivity contribution is 5.99. The summed E-state index contributed by atoms with van der Waals surface area (Å²) in [7, 11) is 0. The molecule has 0 saturated carbocycles. The number of nitrogens with one attached hydrogen (secondary N) is 3. The highest BCUT2D eigenvalue weighted by atomic mass is 16.5. The van der Waals surface area contributed by atoms with E-state index in [0.717, 1.165) is 11.1 Å². The van der Waals surface area contributed by atoms with Crippen LogP contribution in [0.5, 0.6) is 0 Å². The van der Waals surface area contributed by atoms with Gasteiger partial charge in [-0.2, -0.15) is 0 Å². The zero-order valence-corrected chi connectivity index (χ0v) is 14.8. The molecule has 8 nitrogen and oxygen atoms in total. The normalized spacial score (nSPS) is 15.0. The number of nitrogens with two attached hydrogens (primary N) is 1. The van der Waals surface area contributed by atoms with E-state index in [4.69, 9.17) is 15.0 Å². The fraction of sp³-hybridized carbons (Fsp3) is 0.211. The van der Waals surface area contributed by atoms with Crippen molar-refractivity contribution in [2.75, 3.05) is 29.6 Å². The van der Waals surface area contributed by atoms with Crippen LogP contribution in [0.15, 0.2) is 53.2 Å². The van der Waals surface area contributed by atoms with Crippen molar-refractivity contribution < 1.29 is 19.0 Å². The minimum Gasteiger partial charge on any atom is -0.379 e. The third kappa shape index (κ3) is 3.61. The van der Waals surface area contributed by atoms with Crippen molar-refractivity contribution in [3.8, 4) is 11.1 Å². The summed E-state index contributed by atoms with van der Waals surface area (Å²) in [5.74, 6) is 1.67. The molecule has 1 saturated heterocycles. The van der Waals surface area contributed by atoms with Gasteiger partial charge in [-0.15, -0.1) is 0 Å². The molecule has 138 valence electrons. The summed E-state index contributed by atoms with van der Waals surface area (Å²) < 4.78 is 10.5. The number of ether oxygens (including phenoxy) is 1. The first-order chi connectivity index (χ1) is 13.0. The molecule has 3 aromatic rings. The first-order valence-electron chi connectivity index (χ1n) is 8.52. The summed E-state index contributed by atoms with van der Waals surface area (Å²) in [5, 5.41) is 9.33. The summed E-state index contributed by atoms with van der Waals surface area (Å²) in [6.07, 6.45) is 1.83. The van der Waals surface area contributed by atoms with E-state index in [0.29, 0.717) is 36.3 Å². The fourth-order valence-electron chi connectivity index (χ4n) is 2.81. The number of nitrogens with zero attached hydrogens (tertiary/aromatic N) is 1. The number of pyridine rings is 1. The van der Waals surface area contributed by atoms with Gasteiger partial charge in [0.05, 0.1) is 24.8 Å².